The minimum atomic E-state index is -0.577. The zero-order valence-electron chi connectivity index (χ0n) is 18.2. The molecule has 1 aliphatic heterocycles. The Morgan fingerprint density at radius 3 is 2.54 bits per heavy atom. The number of methoxy groups -OCH3 is 1. The molecule has 1 fully saturated rings. The first-order valence-electron chi connectivity index (χ1n) is 10.2. The second-order valence-corrected chi connectivity index (χ2v) is 10.4. The van der Waals surface area contributed by atoms with Crippen LogP contribution in [0.1, 0.15) is 16.7 Å². The fourth-order valence-electron chi connectivity index (χ4n) is 3.36. The van der Waals surface area contributed by atoms with Crippen molar-refractivity contribution < 1.29 is 23.5 Å². The fraction of sp³-hybridized carbons (Fsp3) is 0.120. The lowest BCUT2D eigenvalue weighted by Gasteiger charge is -2.15. The van der Waals surface area contributed by atoms with Crippen LogP contribution >= 0.6 is 57.6 Å². The largest absolute Gasteiger partial charge is 0.493 e. The molecule has 0 saturated carbocycles. The van der Waals surface area contributed by atoms with E-state index in [-0.39, 0.29) is 28.6 Å². The van der Waals surface area contributed by atoms with Gasteiger partial charge in [0.15, 0.2) is 11.5 Å². The predicted octanol–water partition coefficient (Wildman–Crippen LogP) is 7.56. The number of ether oxygens (including phenoxy) is 2. The quantitative estimate of drug-likeness (QED) is 0.196. The van der Waals surface area contributed by atoms with Crippen LogP contribution in [0.2, 0.25) is 10.0 Å². The smallest absolute Gasteiger partial charge is 0.293 e. The van der Waals surface area contributed by atoms with Crippen LogP contribution in [0.5, 0.6) is 11.5 Å². The normalized spacial score (nSPS) is 14.7. The first-order chi connectivity index (χ1) is 16.8. The number of hydrogen-bond donors (Lipinski definition) is 0. The number of imide groups is 1. The molecule has 0 spiro atoms. The lowest BCUT2D eigenvalue weighted by molar-refractivity contribution is -0.123. The third-order valence-electron chi connectivity index (χ3n) is 5.13. The van der Waals surface area contributed by atoms with E-state index in [1.807, 2.05) is 24.3 Å². The molecule has 0 bridgehead atoms. The van der Waals surface area contributed by atoms with E-state index in [2.05, 4.69) is 22.6 Å². The number of halogens is 4. The molecule has 0 N–H and O–H groups in total. The topological polar surface area (TPSA) is 55.8 Å². The highest BCUT2D eigenvalue weighted by molar-refractivity contribution is 14.1. The van der Waals surface area contributed by atoms with Crippen molar-refractivity contribution in [3.05, 3.63) is 95.6 Å². The molecule has 1 aliphatic rings. The van der Waals surface area contributed by atoms with Crippen LogP contribution in [0.15, 0.2) is 59.5 Å². The molecule has 0 radical (unpaired) electrons. The van der Waals surface area contributed by atoms with Gasteiger partial charge in [0.05, 0.1) is 22.1 Å². The van der Waals surface area contributed by atoms with E-state index < -0.39 is 17.0 Å². The molecule has 2 amide bonds. The van der Waals surface area contributed by atoms with Crippen LogP contribution in [-0.2, 0) is 17.9 Å². The van der Waals surface area contributed by atoms with Crippen molar-refractivity contribution in [2.45, 2.75) is 13.2 Å². The van der Waals surface area contributed by atoms with Crippen LogP contribution < -0.4 is 9.47 Å². The lowest BCUT2D eigenvalue weighted by Crippen LogP contribution is -2.28. The maximum absolute atomic E-state index is 14.2. The van der Waals surface area contributed by atoms with Crippen LogP contribution in [0.4, 0.5) is 9.18 Å². The Labute approximate surface area is 229 Å². The van der Waals surface area contributed by atoms with E-state index in [0.29, 0.717) is 22.1 Å². The number of nitrogens with zero attached hydrogens (tertiary/aromatic N) is 1. The van der Waals surface area contributed by atoms with Gasteiger partial charge in [0.2, 0.25) is 0 Å². The van der Waals surface area contributed by atoms with Gasteiger partial charge in [0.25, 0.3) is 11.1 Å². The SMILES string of the molecule is COc1cc(/C=C2/SC(=O)N(Cc3c(F)cccc3Cl)C2=O)cc(I)c1OCc1ccccc1Cl. The summed E-state index contributed by atoms with van der Waals surface area (Å²) in [7, 11) is 1.52. The maximum atomic E-state index is 14.2. The van der Waals surface area contributed by atoms with Crippen LogP contribution in [-0.4, -0.2) is 23.2 Å². The number of carbonyl (C=O) groups is 2. The van der Waals surface area contributed by atoms with Gasteiger partial charge in [-0.15, -0.1) is 0 Å². The highest BCUT2D eigenvalue weighted by Crippen LogP contribution is 2.38. The molecule has 0 aromatic heterocycles. The van der Waals surface area contributed by atoms with Gasteiger partial charge < -0.3 is 9.47 Å². The van der Waals surface area contributed by atoms with Crippen molar-refractivity contribution in [2.24, 2.45) is 0 Å². The van der Waals surface area contributed by atoms with Gasteiger partial charge in [0, 0.05) is 21.2 Å². The number of thioether (sulfide) groups is 1. The summed E-state index contributed by atoms with van der Waals surface area (Å²) in [5, 5.41) is 0.257. The van der Waals surface area contributed by atoms with Gasteiger partial charge in [-0.3, -0.25) is 14.5 Å². The Morgan fingerprint density at radius 2 is 1.83 bits per heavy atom. The first kappa shape index (κ1) is 25.8. The van der Waals surface area contributed by atoms with Gasteiger partial charge >= 0.3 is 0 Å². The van der Waals surface area contributed by atoms with Crippen molar-refractivity contribution >= 4 is 74.8 Å². The molecule has 0 aliphatic carbocycles. The Morgan fingerprint density at radius 1 is 1.09 bits per heavy atom. The van der Waals surface area contributed by atoms with E-state index in [1.54, 1.807) is 18.2 Å². The lowest BCUT2D eigenvalue weighted by atomic mass is 10.1. The molecule has 180 valence electrons. The second kappa shape index (κ2) is 11.2. The molecule has 3 aromatic carbocycles. The van der Waals surface area contributed by atoms with Crippen molar-refractivity contribution in [1.29, 1.82) is 0 Å². The van der Waals surface area contributed by atoms with Crippen molar-refractivity contribution in [3.8, 4) is 11.5 Å². The van der Waals surface area contributed by atoms with Gasteiger partial charge in [0.1, 0.15) is 12.4 Å². The summed E-state index contributed by atoms with van der Waals surface area (Å²) in [6.45, 7) is 0.00602. The van der Waals surface area contributed by atoms with E-state index >= 15 is 0 Å². The van der Waals surface area contributed by atoms with E-state index in [1.165, 1.54) is 25.3 Å². The summed E-state index contributed by atoms with van der Waals surface area (Å²) in [5.41, 5.74) is 1.57. The highest BCUT2D eigenvalue weighted by Gasteiger charge is 2.36. The minimum absolute atomic E-state index is 0.0916. The molecule has 10 heteroatoms. The van der Waals surface area contributed by atoms with Crippen LogP contribution in [0, 0.1) is 9.39 Å². The van der Waals surface area contributed by atoms with Crippen molar-refractivity contribution in [2.75, 3.05) is 7.11 Å². The summed E-state index contributed by atoms with van der Waals surface area (Å²) in [5.74, 6) is -0.0976. The number of carbonyl (C=O) groups excluding carboxylic acids is 2. The molecular weight excluding hydrogens is 627 g/mol. The van der Waals surface area contributed by atoms with Gasteiger partial charge in [-0.1, -0.05) is 47.5 Å². The molecule has 1 heterocycles. The standard InChI is InChI=1S/C25H17Cl2FINO4S/c1-33-21-10-14(9-20(29)23(21)34-13-15-5-2-3-6-17(15)26)11-22-24(31)30(25(32)35-22)12-16-18(27)7-4-8-19(16)28/h2-11H,12-13H2,1H3/b22-11+. The Hall–Kier alpha value is -2.27. The summed E-state index contributed by atoms with van der Waals surface area (Å²) in [4.78, 5) is 26.6. The highest BCUT2D eigenvalue weighted by atomic mass is 127. The second-order valence-electron chi connectivity index (χ2n) is 7.38. The van der Waals surface area contributed by atoms with E-state index in [9.17, 15) is 14.0 Å². The Balaban J connectivity index is 1.56. The third-order valence-corrected chi connectivity index (χ3v) is 7.56. The molecule has 35 heavy (non-hydrogen) atoms. The minimum Gasteiger partial charge on any atom is -0.493 e. The maximum Gasteiger partial charge on any atom is 0.293 e. The summed E-state index contributed by atoms with van der Waals surface area (Å²) >= 11 is 15.2. The van der Waals surface area contributed by atoms with Gasteiger partial charge in [-0.05, 0) is 76.3 Å². The van der Waals surface area contributed by atoms with Crippen molar-refractivity contribution in [3.63, 3.8) is 0 Å². The third kappa shape index (κ3) is 5.77. The van der Waals surface area contributed by atoms with Crippen LogP contribution in [0.25, 0.3) is 6.08 Å². The summed E-state index contributed by atoms with van der Waals surface area (Å²) in [6.07, 6.45) is 1.59. The Bertz CT molecular complexity index is 1330. The fourth-order valence-corrected chi connectivity index (χ4v) is 5.39. The number of benzene rings is 3. The monoisotopic (exact) mass is 643 g/mol. The van der Waals surface area contributed by atoms with Crippen molar-refractivity contribution in [1.82, 2.24) is 4.90 Å². The zero-order chi connectivity index (χ0) is 25.1. The molecule has 0 unspecified atom stereocenters. The average Bonchev–Trinajstić information content (AvgIpc) is 3.08. The number of amides is 2. The molecule has 4 rings (SSSR count). The van der Waals surface area contributed by atoms with E-state index in [4.69, 9.17) is 32.7 Å². The Kier molecular flexibility index (Phi) is 8.26. The first-order valence-corrected chi connectivity index (χ1v) is 12.9. The van der Waals surface area contributed by atoms with Gasteiger partial charge in [-0.25, -0.2) is 4.39 Å². The van der Waals surface area contributed by atoms with E-state index in [0.717, 1.165) is 25.8 Å². The van der Waals surface area contributed by atoms with Crippen LogP contribution in [0.3, 0.4) is 0 Å². The molecule has 0 atom stereocenters. The van der Waals surface area contributed by atoms with Gasteiger partial charge in [-0.2, -0.15) is 0 Å². The number of rotatable bonds is 7. The summed E-state index contributed by atoms with van der Waals surface area (Å²) in [6, 6.07) is 15.1. The number of hydrogen-bond acceptors (Lipinski definition) is 5. The summed E-state index contributed by atoms with van der Waals surface area (Å²) < 4.78 is 26.4. The molecule has 3 aromatic rings. The molecular formula is C25H17Cl2FINO4S. The molecule has 5 nitrogen and oxygen atoms in total. The predicted molar refractivity (Wildman–Crippen MR) is 144 cm³/mol. The average molecular weight is 644 g/mol. The zero-order valence-corrected chi connectivity index (χ0v) is 22.7. The molecule has 1 saturated heterocycles.